The third kappa shape index (κ3) is 5.67. The van der Waals surface area contributed by atoms with Gasteiger partial charge in [0.05, 0.1) is 28.8 Å². The number of benzene rings is 2. The molecule has 8 heteroatoms. The maximum absolute atomic E-state index is 13.3. The molecule has 1 heterocycles. The second kappa shape index (κ2) is 8.92. The molecule has 0 aromatic heterocycles. The van der Waals surface area contributed by atoms with Crippen LogP contribution in [-0.4, -0.2) is 53.3 Å². The molecule has 1 N–H and O–H groups in total. The normalized spacial score (nSPS) is 21.2. The Morgan fingerprint density at radius 2 is 1.61 bits per heavy atom. The van der Waals surface area contributed by atoms with Crippen molar-refractivity contribution >= 4 is 19.7 Å². The highest BCUT2D eigenvalue weighted by Crippen LogP contribution is 2.28. The number of ether oxygens (including phenoxy) is 1. The number of hydrogen-bond donors (Lipinski definition) is 1. The lowest BCUT2D eigenvalue weighted by atomic mass is 9.87. The Hall–Kier alpha value is -1.90. The average molecular weight is 466 g/mol. The number of hydrogen-bond acceptors (Lipinski definition) is 6. The average Bonchev–Trinajstić information content (AvgIpc) is 3.03. The molecule has 1 aliphatic heterocycles. The van der Waals surface area contributed by atoms with Gasteiger partial charge in [-0.15, -0.1) is 0 Å². The molecule has 0 amide bonds. The van der Waals surface area contributed by atoms with Crippen molar-refractivity contribution in [2.45, 2.75) is 48.8 Å². The Balaban J connectivity index is 1.74. The minimum absolute atomic E-state index is 0.0927. The van der Waals surface area contributed by atoms with E-state index < -0.39 is 31.0 Å². The Kier molecular flexibility index (Phi) is 6.84. The van der Waals surface area contributed by atoms with Crippen LogP contribution in [0.25, 0.3) is 0 Å². The third-order valence-electron chi connectivity index (χ3n) is 5.73. The largest absolute Gasteiger partial charge is 0.497 e. The summed E-state index contributed by atoms with van der Waals surface area (Å²) in [5.41, 5.74) is 2.00. The van der Waals surface area contributed by atoms with Gasteiger partial charge >= 0.3 is 0 Å². The van der Waals surface area contributed by atoms with E-state index in [2.05, 4.69) is 26.1 Å². The molecule has 3 rings (SSSR count). The van der Waals surface area contributed by atoms with Gasteiger partial charge in [0, 0.05) is 6.04 Å². The number of sulfone groups is 2. The predicted molar refractivity (Wildman–Crippen MR) is 123 cm³/mol. The van der Waals surface area contributed by atoms with Crippen LogP contribution in [0.1, 0.15) is 31.9 Å². The quantitative estimate of drug-likeness (QED) is 0.676. The summed E-state index contributed by atoms with van der Waals surface area (Å²) in [6.45, 7) is 6.66. The van der Waals surface area contributed by atoms with Crippen molar-refractivity contribution in [3.8, 4) is 5.75 Å². The maximum Gasteiger partial charge on any atom is 0.183 e. The number of rotatable bonds is 7. The van der Waals surface area contributed by atoms with Gasteiger partial charge in [-0.1, -0.05) is 45.0 Å². The minimum atomic E-state index is -3.78. The van der Waals surface area contributed by atoms with E-state index in [1.807, 2.05) is 36.4 Å². The Bertz CT molecular complexity index is 1100. The molecule has 1 aliphatic rings. The summed E-state index contributed by atoms with van der Waals surface area (Å²) in [5.74, 6) is 0.248. The SMILES string of the molecule is COc1ccc(CCN[C@H]2CS(=O)(=O)C[C@@H]2S(=O)(=O)c2ccc(C(C)(C)C)cc2)cc1. The summed E-state index contributed by atoms with van der Waals surface area (Å²) >= 11 is 0. The molecule has 0 unspecified atom stereocenters. The molecule has 0 saturated carbocycles. The smallest absolute Gasteiger partial charge is 0.183 e. The summed E-state index contributed by atoms with van der Waals surface area (Å²) in [4.78, 5) is 0.171. The molecule has 2 aromatic carbocycles. The van der Waals surface area contributed by atoms with Gasteiger partial charge in [0.1, 0.15) is 5.75 Å². The molecule has 0 aliphatic carbocycles. The summed E-state index contributed by atoms with van der Waals surface area (Å²) < 4.78 is 56.3. The van der Waals surface area contributed by atoms with E-state index in [1.165, 1.54) is 0 Å². The highest BCUT2D eigenvalue weighted by Gasteiger charge is 2.45. The van der Waals surface area contributed by atoms with Gasteiger partial charge in [0.15, 0.2) is 19.7 Å². The summed E-state index contributed by atoms with van der Waals surface area (Å²) in [7, 11) is -5.61. The monoisotopic (exact) mass is 465 g/mol. The zero-order chi connectivity index (χ0) is 22.9. The fourth-order valence-electron chi connectivity index (χ4n) is 3.83. The Labute approximate surface area is 185 Å². The van der Waals surface area contributed by atoms with E-state index in [0.717, 1.165) is 16.9 Å². The van der Waals surface area contributed by atoms with Gasteiger partial charge < -0.3 is 10.1 Å². The molecule has 2 aromatic rings. The lowest BCUT2D eigenvalue weighted by Gasteiger charge is -2.22. The number of nitrogens with one attached hydrogen (secondary N) is 1. The van der Waals surface area contributed by atoms with Crippen molar-refractivity contribution in [3.63, 3.8) is 0 Å². The van der Waals surface area contributed by atoms with Crippen LogP contribution in [-0.2, 0) is 31.5 Å². The molecule has 1 fully saturated rings. The van der Waals surface area contributed by atoms with E-state index in [0.29, 0.717) is 13.0 Å². The minimum Gasteiger partial charge on any atom is -0.497 e. The second-order valence-corrected chi connectivity index (χ2v) is 13.4. The zero-order valence-electron chi connectivity index (χ0n) is 18.5. The predicted octanol–water partition coefficient (Wildman–Crippen LogP) is 2.76. The van der Waals surface area contributed by atoms with E-state index >= 15 is 0 Å². The van der Waals surface area contributed by atoms with Gasteiger partial charge in [-0.3, -0.25) is 0 Å². The van der Waals surface area contributed by atoms with Gasteiger partial charge in [0.2, 0.25) is 0 Å². The summed E-state index contributed by atoms with van der Waals surface area (Å²) in [6, 6.07) is 13.8. The van der Waals surface area contributed by atoms with Crippen LogP contribution >= 0.6 is 0 Å². The van der Waals surface area contributed by atoms with Crippen LogP contribution in [0.3, 0.4) is 0 Å². The first-order chi connectivity index (χ1) is 14.4. The third-order valence-corrected chi connectivity index (χ3v) is 9.89. The van der Waals surface area contributed by atoms with Crippen molar-refractivity contribution < 1.29 is 21.6 Å². The van der Waals surface area contributed by atoms with Crippen LogP contribution in [0.4, 0.5) is 0 Å². The van der Waals surface area contributed by atoms with Gasteiger partial charge in [0.25, 0.3) is 0 Å². The van der Waals surface area contributed by atoms with Crippen LogP contribution < -0.4 is 10.1 Å². The van der Waals surface area contributed by atoms with E-state index in [1.54, 1.807) is 19.2 Å². The van der Waals surface area contributed by atoms with Crippen LogP contribution in [0.2, 0.25) is 0 Å². The molecule has 0 bridgehead atoms. The van der Waals surface area contributed by atoms with Gasteiger partial charge in [-0.25, -0.2) is 16.8 Å². The molecule has 6 nitrogen and oxygen atoms in total. The van der Waals surface area contributed by atoms with E-state index in [9.17, 15) is 16.8 Å². The van der Waals surface area contributed by atoms with Crippen molar-refractivity contribution in [2.24, 2.45) is 0 Å². The molecular weight excluding hydrogens is 434 g/mol. The number of methoxy groups -OCH3 is 1. The molecule has 1 saturated heterocycles. The van der Waals surface area contributed by atoms with Crippen molar-refractivity contribution in [2.75, 3.05) is 25.2 Å². The zero-order valence-corrected chi connectivity index (χ0v) is 20.1. The fraction of sp³-hybridized carbons (Fsp3) is 0.478. The molecule has 2 atom stereocenters. The van der Waals surface area contributed by atoms with Gasteiger partial charge in [-0.2, -0.15) is 0 Å². The summed E-state index contributed by atoms with van der Waals surface area (Å²) in [6.07, 6.45) is 0.660. The Morgan fingerprint density at radius 3 is 2.16 bits per heavy atom. The highest BCUT2D eigenvalue weighted by molar-refractivity contribution is 7.96. The highest BCUT2D eigenvalue weighted by atomic mass is 32.2. The van der Waals surface area contributed by atoms with Crippen LogP contribution in [0.15, 0.2) is 53.4 Å². The molecule has 0 spiro atoms. The first-order valence-corrected chi connectivity index (χ1v) is 13.7. The molecule has 31 heavy (non-hydrogen) atoms. The van der Waals surface area contributed by atoms with Crippen LogP contribution in [0, 0.1) is 0 Å². The standard InChI is InChI=1S/C23H31NO5S2/c1-23(2,3)18-7-11-20(12-8-18)31(27,28)22-16-30(25,26)15-21(22)24-14-13-17-5-9-19(29-4)10-6-17/h5-12,21-22,24H,13-16H2,1-4H3/t21-,22-/m0/s1. The van der Waals surface area contributed by atoms with Crippen molar-refractivity contribution in [3.05, 3.63) is 59.7 Å². The first kappa shape index (κ1) is 23.8. The first-order valence-electron chi connectivity index (χ1n) is 10.3. The lowest BCUT2D eigenvalue weighted by Crippen LogP contribution is -2.44. The van der Waals surface area contributed by atoms with Crippen LogP contribution in [0.5, 0.6) is 5.75 Å². The summed E-state index contributed by atoms with van der Waals surface area (Å²) in [5, 5.41) is 2.19. The fourth-order valence-corrected chi connectivity index (χ4v) is 8.54. The van der Waals surface area contributed by atoms with Gasteiger partial charge in [-0.05, 0) is 53.8 Å². The maximum atomic E-state index is 13.3. The second-order valence-electron chi connectivity index (χ2n) is 9.09. The van der Waals surface area contributed by atoms with Crippen molar-refractivity contribution in [1.29, 1.82) is 0 Å². The molecule has 170 valence electrons. The van der Waals surface area contributed by atoms with E-state index in [4.69, 9.17) is 4.74 Å². The van der Waals surface area contributed by atoms with E-state index in [-0.39, 0.29) is 21.8 Å². The topological polar surface area (TPSA) is 89.5 Å². The Morgan fingerprint density at radius 1 is 1.00 bits per heavy atom. The molecular formula is C23H31NO5S2. The molecule has 0 radical (unpaired) electrons. The lowest BCUT2D eigenvalue weighted by molar-refractivity contribution is 0.414. The van der Waals surface area contributed by atoms with Crippen molar-refractivity contribution in [1.82, 2.24) is 5.32 Å².